The Morgan fingerprint density at radius 2 is 2.06 bits per heavy atom. The molecule has 0 bridgehead atoms. The summed E-state index contributed by atoms with van der Waals surface area (Å²) in [5.74, 6) is 2.18. The maximum absolute atomic E-state index is 9.28. The van der Waals surface area contributed by atoms with Crippen molar-refractivity contribution in [2.45, 2.75) is 32.8 Å². The third-order valence-electron chi connectivity index (χ3n) is 3.48. The lowest BCUT2D eigenvalue weighted by Crippen LogP contribution is -2.51. The van der Waals surface area contributed by atoms with Gasteiger partial charge in [0.25, 0.3) is 0 Å². The Morgan fingerprint density at radius 3 is 2.62 bits per heavy atom. The van der Waals surface area contributed by atoms with Gasteiger partial charge in [-0.2, -0.15) is 0 Å². The number of aliphatic hydroxyl groups is 1. The van der Waals surface area contributed by atoms with Gasteiger partial charge in [0.05, 0.1) is 6.10 Å². The maximum Gasteiger partial charge on any atom is 0.128 e. The van der Waals surface area contributed by atoms with E-state index >= 15 is 0 Å². The van der Waals surface area contributed by atoms with Crippen LogP contribution in [0.2, 0.25) is 0 Å². The Labute approximate surface area is 97.1 Å². The third kappa shape index (κ3) is 2.19. The number of β-amino-alcohol motifs (C(OH)–C–C–N with tert-alkyl or cyclic N) is 1. The molecule has 3 heteroatoms. The largest absolute Gasteiger partial charge is 0.389 e. The van der Waals surface area contributed by atoms with Gasteiger partial charge in [0.15, 0.2) is 0 Å². The van der Waals surface area contributed by atoms with Gasteiger partial charge in [0.1, 0.15) is 5.82 Å². The molecule has 0 aromatic carbocycles. The molecule has 1 aliphatic rings. The van der Waals surface area contributed by atoms with Crippen molar-refractivity contribution in [3.8, 4) is 0 Å². The minimum absolute atomic E-state index is 0.173. The summed E-state index contributed by atoms with van der Waals surface area (Å²) >= 11 is 0. The molecule has 1 saturated heterocycles. The Kier molecular flexibility index (Phi) is 3.15. The predicted octanol–water partition coefficient (Wildman–Crippen LogP) is 2.02. The lowest BCUT2D eigenvalue weighted by Gasteiger charge is -2.37. The second-order valence-electron chi connectivity index (χ2n) is 5.04. The summed E-state index contributed by atoms with van der Waals surface area (Å²) in [5, 5.41) is 9.28. The summed E-state index contributed by atoms with van der Waals surface area (Å²) in [6.07, 6.45) is 1.70. The van der Waals surface area contributed by atoms with Crippen LogP contribution in [-0.4, -0.2) is 29.3 Å². The summed E-state index contributed by atoms with van der Waals surface area (Å²) < 4.78 is 0. The van der Waals surface area contributed by atoms with Gasteiger partial charge in [0, 0.05) is 19.3 Å². The first-order valence-electron chi connectivity index (χ1n) is 5.97. The molecule has 1 aromatic heterocycles. The van der Waals surface area contributed by atoms with Crippen LogP contribution in [0.4, 0.5) is 5.82 Å². The first-order valence-corrected chi connectivity index (χ1v) is 5.97. The van der Waals surface area contributed by atoms with E-state index in [1.807, 2.05) is 6.20 Å². The van der Waals surface area contributed by atoms with Gasteiger partial charge in [-0.15, -0.1) is 0 Å². The fraction of sp³-hybridized carbons (Fsp3) is 0.615. The molecule has 1 fully saturated rings. The van der Waals surface area contributed by atoms with Crippen LogP contribution < -0.4 is 4.90 Å². The van der Waals surface area contributed by atoms with Crippen molar-refractivity contribution in [1.29, 1.82) is 0 Å². The number of nitrogens with zero attached hydrogens (tertiary/aromatic N) is 2. The lowest BCUT2D eigenvalue weighted by molar-refractivity contribution is 0.141. The monoisotopic (exact) mass is 220 g/mol. The molecule has 3 nitrogen and oxygen atoms in total. The minimum Gasteiger partial charge on any atom is -0.389 e. The van der Waals surface area contributed by atoms with Gasteiger partial charge in [-0.25, -0.2) is 4.98 Å². The highest BCUT2D eigenvalue weighted by Crippen LogP contribution is 2.27. The molecule has 1 aliphatic heterocycles. The molecule has 0 amide bonds. The van der Waals surface area contributed by atoms with Crippen LogP contribution in [0, 0.1) is 5.92 Å². The molecule has 2 heterocycles. The summed E-state index contributed by atoms with van der Waals surface area (Å²) in [7, 11) is 0. The van der Waals surface area contributed by atoms with E-state index in [1.54, 1.807) is 0 Å². The lowest BCUT2D eigenvalue weighted by atomic mass is 9.91. The molecular weight excluding hydrogens is 200 g/mol. The smallest absolute Gasteiger partial charge is 0.128 e. The normalized spacial score (nSPS) is 18.7. The minimum atomic E-state index is -0.173. The van der Waals surface area contributed by atoms with Gasteiger partial charge in [-0.1, -0.05) is 20.8 Å². The molecular formula is C13H20N2O. The molecule has 16 heavy (non-hydrogen) atoms. The second-order valence-corrected chi connectivity index (χ2v) is 5.04. The van der Waals surface area contributed by atoms with Crippen molar-refractivity contribution < 1.29 is 5.11 Å². The van der Waals surface area contributed by atoms with E-state index in [2.05, 4.69) is 42.8 Å². The first-order chi connectivity index (χ1) is 7.58. The van der Waals surface area contributed by atoms with Crippen LogP contribution in [0.1, 0.15) is 32.3 Å². The van der Waals surface area contributed by atoms with Crippen molar-refractivity contribution in [1.82, 2.24) is 4.98 Å². The number of hydrogen-bond donors (Lipinski definition) is 1. The van der Waals surface area contributed by atoms with E-state index in [4.69, 9.17) is 0 Å². The maximum atomic E-state index is 9.28. The van der Waals surface area contributed by atoms with Gasteiger partial charge < -0.3 is 10.0 Å². The number of anilines is 1. The molecule has 0 aliphatic carbocycles. The van der Waals surface area contributed by atoms with Gasteiger partial charge in [-0.3, -0.25) is 0 Å². The molecule has 0 saturated carbocycles. The van der Waals surface area contributed by atoms with Crippen molar-refractivity contribution in [2.24, 2.45) is 5.92 Å². The fourth-order valence-electron chi connectivity index (χ4n) is 1.92. The highest BCUT2D eigenvalue weighted by atomic mass is 16.3. The summed E-state index contributed by atoms with van der Waals surface area (Å²) in [5.41, 5.74) is 1.33. The van der Waals surface area contributed by atoms with Gasteiger partial charge >= 0.3 is 0 Å². The van der Waals surface area contributed by atoms with E-state index in [-0.39, 0.29) is 6.10 Å². The standard InChI is InChI=1S/C13H20N2O/c1-9(2)10(3)11-4-5-14-13(6-11)15-7-12(16)8-15/h4-6,9-10,12,16H,7-8H2,1-3H3. The Morgan fingerprint density at radius 1 is 1.38 bits per heavy atom. The number of hydrogen-bond acceptors (Lipinski definition) is 3. The van der Waals surface area contributed by atoms with Crippen LogP contribution in [0.5, 0.6) is 0 Å². The molecule has 2 rings (SSSR count). The fourth-order valence-corrected chi connectivity index (χ4v) is 1.92. The topological polar surface area (TPSA) is 36.4 Å². The van der Waals surface area contributed by atoms with Crippen molar-refractivity contribution in [3.63, 3.8) is 0 Å². The summed E-state index contributed by atoms with van der Waals surface area (Å²) in [4.78, 5) is 6.46. The Hall–Kier alpha value is -1.09. The molecule has 1 aromatic rings. The predicted molar refractivity (Wildman–Crippen MR) is 65.7 cm³/mol. The molecule has 88 valence electrons. The van der Waals surface area contributed by atoms with E-state index in [1.165, 1.54) is 5.56 Å². The Bertz CT molecular complexity index is 359. The first kappa shape index (κ1) is 11.4. The molecule has 0 spiro atoms. The van der Waals surface area contributed by atoms with Crippen LogP contribution in [0.25, 0.3) is 0 Å². The van der Waals surface area contributed by atoms with Crippen molar-refractivity contribution >= 4 is 5.82 Å². The van der Waals surface area contributed by atoms with Gasteiger partial charge in [-0.05, 0) is 29.5 Å². The second kappa shape index (κ2) is 4.42. The zero-order chi connectivity index (χ0) is 11.7. The zero-order valence-corrected chi connectivity index (χ0v) is 10.2. The number of rotatable bonds is 3. The van der Waals surface area contributed by atoms with Crippen LogP contribution in [0.3, 0.4) is 0 Å². The van der Waals surface area contributed by atoms with Crippen LogP contribution in [-0.2, 0) is 0 Å². The molecule has 0 radical (unpaired) electrons. The molecule has 1 atom stereocenters. The van der Waals surface area contributed by atoms with Gasteiger partial charge in [0.2, 0.25) is 0 Å². The third-order valence-corrected chi connectivity index (χ3v) is 3.48. The zero-order valence-electron chi connectivity index (χ0n) is 10.2. The highest BCUT2D eigenvalue weighted by Gasteiger charge is 2.25. The summed E-state index contributed by atoms with van der Waals surface area (Å²) in [6, 6.07) is 4.24. The Balaban J connectivity index is 2.13. The summed E-state index contributed by atoms with van der Waals surface area (Å²) in [6.45, 7) is 8.14. The average molecular weight is 220 g/mol. The van der Waals surface area contributed by atoms with E-state index < -0.39 is 0 Å². The number of pyridine rings is 1. The van der Waals surface area contributed by atoms with Crippen molar-refractivity contribution in [3.05, 3.63) is 23.9 Å². The molecule has 1 unspecified atom stereocenters. The van der Waals surface area contributed by atoms with Crippen LogP contribution in [0.15, 0.2) is 18.3 Å². The highest BCUT2D eigenvalue weighted by molar-refractivity contribution is 5.44. The number of aromatic nitrogens is 1. The molecule has 1 N–H and O–H groups in total. The van der Waals surface area contributed by atoms with E-state index in [0.717, 1.165) is 5.82 Å². The van der Waals surface area contributed by atoms with Crippen LogP contribution >= 0.6 is 0 Å². The SMILES string of the molecule is CC(C)C(C)c1ccnc(N2CC(O)C2)c1. The van der Waals surface area contributed by atoms with Crippen molar-refractivity contribution in [2.75, 3.05) is 18.0 Å². The van der Waals surface area contributed by atoms with E-state index in [9.17, 15) is 5.11 Å². The number of aliphatic hydroxyl groups excluding tert-OH is 1. The van der Waals surface area contributed by atoms with E-state index in [0.29, 0.717) is 24.9 Å². The average Bonchev–Trinajstić information content (AvgIpc) is 2.24. The quantitative estimate of drug-likeness (QED) is 0.846.